The van der Waals surface area contributed by atoms with Crippen molar-refractivity contribution in [3.63, 3.8) is 0 Å². The highest BCUT2D eigenvalue weighted by atomic mass is 32.2. The number of hydrogen-bond donors (Lipinski definition) is 6. The predicted molar refractivity (Wildman–Crippen MR) is 260 cm³/mol. The zero-order valence-electron chi connectivity index (χ0n) is 36.8. The monoisotopic (exact) mass is 970 g/mol. The van der Waals surface area contributed by atoms with Crippen LogP contribution >= 0.6 is 0 Å². The molecule has 7 aromatic rings. The van der Waals surface area contributed by atoms with Crippen LogP contribution in [0.3, 0.4) is 0 Å². The van der Waals surface area contributed by atoms with Crippen LogP contribution in [0.5, 0.6) is 23.0 Å². The number of carbonyl (C=O) groups excluding carboxylic acids is 4. The average Bonchev–Trinajstić information content (AvgIpc) is 3.28. The second kappa shape index (κ2) is 21.2. The fourth-order valence-corrected chi connectivity index (χ4v) is 8.05. The molecule has 352 valence electrons. The zero-order valence-corrected chi connectivity index (χ0v) is 38.4. The van der Waals surface area contributed by atoms with Crippen LogP contribution < -0.4 is 49.7 Å². The maximum Gasteiger partial charge on any atom is 0.417 e. The van der Waals surface area contributed by atoms with Gasteiger partial charge in [-0.3, -0.25) is 10.6 Å². The molecule has 6 amide bonds. The molecule has 0 aromatic heterocycles. The summed E-state index contributed by atoms with van der Waals surface area (Å²) < 4.78 is 72.4. The summed E-state index contributed by atoms with van der Waals surface area (Å²) in [5.74, 6) is 0.129. The van der Waals surface area contributed by atoms with E-state index in [1.807, 2.05) is 13.8 Å². The summed E-state index contributed by atoms with van der Waals surface area (Å²) in [6, 6.07) is 39.4. The third-order valence-electron chi connectivity index (χ3n) is 9.54. The maximum absolute atomic E-state index is 13.0. The smallest absolute Gasteiger partial charge is 0.410 e. The summed E-state index contributed by atoms with van der Waals surface area (Å²) in [6.45, 7) is 5.38. The molecule has 0 aliphatic heterocycles. The Labute approximate surface area is 396 Å². The topological polar surface area (TPSA) is 246 Å². The molecule has 7 aromatic carbocycles. The van der Waals surface area contributed by atoms with Crippen LogP contribution in [0.25, 0.3) is 0 Å². The summed E-state index contributed by atoms with van der Waals surface area (Å²) in [5.41, 5.74) is 3.97. The molecule has 0 bridgehead atoms. The van der Waals surface area contributed by atoms with E-state index in [9.17, 15) is 36.0 Å². The Morgan fingerprint density at radius 2 is 0.725 bits per heavy atom. The van der Waals surface area contributed by atoms with Crippen molar-refractivity contribution in [1.82, 2.24) is 0 Å². The Bertz CT molecular complexity index is 3280. The highest BCUT2D eigenvalue weighted by molar-refractivity contribution is 7.87. The van der Waals surface area contributed by atoms with E-state index in [1.54, 1.807) is 79.7 Å². The van der Waals surface area contributed by atoms with E-state index in [2.05, 4.69) is 31.9 Å². The molecule has 7 rings (SSSR count). The third-order valence-corrected chi connectivity index (χ3v) is 12.1. The van der Waals surface area contributed by atoms with Crippen molar-refractivity contribution in [2.75, 3.05) is 31.9 Å². The number of ether oxygens (including phenoxy) is 2. The SMILES string of the molecule is Cc1ccc(S(=O)(=O)Oc2cccc(NC(=O)Nc3cccc(OC(=O)Nc4ccc(C)c(NC(=O)Oc5cccc(NC(=O)Nc6cccc(OS(=O)(=O)c7ccc(C)cc7)c6)c5)c4)c3)c2)cc1. The van der Waals surface area contributed by atoms with Gasteiger partial charge in [0.1, 0.15) is 32.8 Å². The number of nitrogens with one attached hydrogen (secondary N) is 6. The predicted octanol–water partition coefficient (Wildman–Crippen LogP) is 10.7. The average molecular weight is 971 g/mol. The molecule has 0 saturated carbocycles. The first kappa shape index (κ1) is 48.1. The summed E-state index contributed by atoms with van der Waals surface area (Å²) in [6.07, 6.45) is -1.76. The van der Waals surface area contributed by atoms with Crippen molar-refractivity contribution in [3.05, 3.63) is 180 Å². The number of amides is 6. The Balaban J connectivity index is 0.880. The molecule has 6 N–H and O–H groups in total. The third kappa shape index (κ3) is 13.8. The quantitative estimate of drug-likeness (QED) is 0.0557. The van der Waals surface area contributed by atoms with Crippen LogP contribution in [0.15, 0.2) is 174 Å². The van der Waals surface area contributed by atoms with Crippen LogP contribution in [0.2, 0.25) is 0 Å². The minimum absolute atomic E-state index is 0.0160. The van der Waals surface area contributed by atoms with Gasteiger partial charge in [0.25, 0.3) is 0 Å². The lowest BCUT2D eigenvalue weighted by Gasteiger charge is -2.13. The van der Waals surface area contributed by atoms with Crippen molar-refractivity contribution in [2.24, 2.45) is 0 Å². The number of rotatable bonds is 14. The standard InChI is InChI=1S/C49H42N6O12S2/c1-31-16-22-43(23-17-31)68(60,61)66-41-14-6-10-36(28-41)52-46(56)50-34-8-4-12-39(26-34)64-48(58)54-38-21-20-33(3)45(30-38)55-49(59)65-40-13-5-9-35(27-40)51-47(57)53-37-11-7-15-42(29-37)67-69(62,63)44-24-18-32(2)19-25-44/h4-30H,1-3H3,(H,54,58)(H,55,59)(H2,50,52,56)(H2,51,53,57). The minimum Gasteiger partial charge on any atom is -0.410 e. The van der Waals surface area contributed by atoms with Gasteiger partial charge in [0.15, 0.2) is 0 Å². The Kier molecular flexibility index (Phi) is 14.7. The van der Waals surface area contributed by atoms with Crippen molar-refractivity contribution in [3.8, 4) is 23.0 Å². The van der Waals surface area contributed by atoms with E-state index in [-0.39, 0.29) is 61.2 Å². The van der Waals surface area contributed by atoms with E-state index in [0.29, 0.717) is 11.3 Å². The highest BCUT2D eigenvalue weighted by Gasteiger charge is 2.19. The van der Waals surface area contributed by atoms with Gasteiger partial charge in [-0.25, -0.2) is 19.2 Å². The molecule has 0 aliphatic carbocycles. The van der Waals surface area contributed by atoms with E-state index >= 15 is 0 Å². The second-order valence-electron chi connectivity index (χ2n) is 15.0. The molecular formula is C49H42N6O12S2. The van der Waals surface area contributed by atoms with E-state index < -0.39 is 44.5 Å². The minimum atomic E-state index is -4.12. The first-order valence-electron chi connectivity index (χ1n) is 20.6. The summed E-state index contributed by atoms with van der Waals surface area (Å²) >= 11 is 0. The van der Waals surface area contributed by atoms with Crippen molar-refractivity contribution >= 4 is 78.6 Å². The number of aryl methyl sites for hydroxylation is 3. The lowest BCUT2D eigenvalue weighted by atomic mass is 10.2. The van der Waals surface area contributed by atoms with Gasteiger partial charge in [-0.15, -0.1) is 0 Å². The first-order valence-corrected chi connectivity index (χ1v) is 23.4. The molecule has 0 saturated heterocycles. The lowest BCUT2D eigenvalue weighted by molar-refractivity contribution is 0.214. The van der Waals surface area contributed by atoms with Gasteiger partial charge in [0.2, 0.25) is 0 Å². The summed E-state index contributed by atoms with van der Waals surface area (Å²) in [7, 11) is -8.24. The zero-order chi connectivity index (χ0) is 49.1. The fraction of sp³-hybridized carbons (Fsp3) is 0.0612. The van der Waals surface area contributed by atoms with E-state index in [1.165, 1.54) is 91.0 Å². The molecule has 0 radical (unpaired) electrons. The molecule has 18 nitrogen and oxygen atoms in total. The Morgan fingerprint density at radius 1 is 0.377 bits per heavy atom. The van der Waals surface area contributed by atoms with E-state index in [0.717, 1.165) is 11.1 Å². The normalized spacial score (nSPS) is 11.0. The van der Waals surface area contributed by atoms with Gasteiger partial charge < -0.3 is 39.1 Å². The summed E-state index contributed by atoms with van der Waals surface area (Å²) in [4.78, 5) is 51.6. The first-order chi connectivity index (χ1) is 32.9. The Hall–Kier alpha value is -8.88. The molecule has 0 spiro atoms. The van der Waals surface area contributed by atoms with Crippen LogP contribution in [-0.4, -0.2) is 41.1 Å². The number of benzene rings is 7. The molecule has 0 unspecified atom stereocenters. The lowest BCUT2D eigenvalue weighted by Crippen LogP contribution is -2.20. The number of carbonyl (C=O) groups is 4. The Morgan fingerprint density at radius 3 is 1.13 bits per heavy atom. The van der Waals surface area contributed by atoms with Gasteiger partial charge in [-0.2, -0.15) is 16.8 Å². The van der Waals surface area contributed by atoms with Crippen LogP contribution in [0, 0.1) is 20.8 Å². The van der Waals surface area contributed by atoms with Crippen LogP contribution in [-0.2, 0) is 20.2 Å². The van der Waals surface area contributed by atoms with Gasteiger partial charge in [-0.1, -0.05) is 65.7 Å². The van der Waals surface area contributed by atoms with Gasteiger partial charge in [0, 0.05) is 58.4 Å². The van der Waals surface area contributed by atoms with Crippen molar-refractivity contribution < 1.29 is 53.9 Å². The fourth-order valence-electron chi connectivity index (χ4n) is 6.20. The molecule has 0 fully saturated rings. The van der Waals surface area contributed by atoms with Crippen LogP contribution in [0.1, 0.15) is 16.7 Å². The molecule has 20 heteroatoms. The molecule has 69 heavy (non-hydrogen) atoms. The summed E-state index contributed by atoms with van der Waals surface area (Å²) in [5, 5.41) is 15.7. The highest BCUT2D eigenvalue weighted by Crippen LogP contribution is 2.27. The molecule has 0 aliphatic rings. The van der Waals surface area contributed by atoms with Gasteiger partial charge in [0.05, 0.1) is 0 Å². The van der Waals surface area contributed by atoms with E-state index in [4.69, 9.17) is 17.8 Å². The van der Waals surface area contributed by atoms with Gasteiger partial charge in [-0.05, 0) is 111 Å². The molecular weight excluding hydrogens is 929 g/mol. The largest absolute Gasteiger partial charge is 0.417 e. The maximum atomic E-state index is 13.0. The number of hydrogen-bond acceptors (Lipinski definition) is 12. The molecule has 0 atom stereocenters. The number of urea groups is 2. The van der Waals surface area contributed by atoms with Crippen molar-refractivity contribution in [1.29, 1.82) is 0 Å². The molecule has 0 heterocycles. The number of anilines is 6. The van der Waals surface area contributed by atoms with Crippen molar-refractivity contribution in [2.45, 2.75) is 30.6 Å². The van der Waals surface area contributed by atoms with Crippen LogP contribution in [0.4, 0.5) is 53.3 Å². The second-order valence-corrected chi connectivity index (χ2v) is 18.1. The van der Waals surface area contributed by atoms with Gasteiger partial charge >= 0.3 is 44.5 Å².